The lowest BCUT2D eigenvalue weighted by atomic mass is 9.79. The summed E-state index contributed by atoms with van der Waals surface area (Å²) in [5.74, 6) is 1.78. The van der Waals surface area contributed by atoms with Crippen LogP contribution in [-0.4, -0.2) is 11.0 Å². The van der Waals surface area contributed by atoms with E-state index in [0.29, 0.717) is 6.04 Å². The highest BCUT2D eigenvalue weighted by atomic mass is 32.1. The molecule has 16 heavy (non-hydrogen) atoms. The molecule has 90 valence electrons. The van der Waals surface area contributed by atoms with Gasteiger partial charge in [-0.05, 0) is 31.6 Å². The Morgan fingerprint density at radius 2 is 2.44 bits per heavy atom. The Bertz CT molecular complexity index is 297. The van der Waals surface area contributed by atoms with E-state index in [-0.39, 0.29) is 0 Å². The molecule has 0 bridgehead atoms. The van der Waals surface area contributed by atoms with E-state index >= 15 is 0 Å². The van der Waals surface area contributed by atoms with E-state index in [1.807, 2.05) is 5.51 Å². The molecule has 1 fully saturated rings. The molecule has 3 heteroatoms. The summed E-state index contributed by atoms with van der Waals surface area (Å²) in [4.78, 5) is 4.30. The van der Waals surface area contributed by atoms with Gasteiger partial charge in [-0.1, -0.05) is 19.8 Å². The SMILES string of the molecule is CC1CCCC(C(C)NCc2cscn2)C1. The van der Waals surface area contributed by atoms with Crippen molar-refractivity contribution in [2.75, 3.05) is 0 Å². The standard InChI is InChI=1S/C13H22N2S/c1-10-4-3-5-12(6-10)11(2)14-7-13-8-16-9-15-13/h8-12,14H,3-7H2,1-2H3. The second-order valence-electron chi connectivity index (χ2n) is 5.18. The van der Waals surface area contributed by atoms with Gasteiger partial charge in [-0.3, -0.25) is 0 Å². The van der Waals surface area contributed by atoms with Gasteiger partial charge in [0.2, 0.25) is 0 Å². The molecule has 1 aliphatic carbocycles. The van der Waals surface area contributed by atoms with Crippen molar-refractivity contribution in [1.29, 1.82) is 0 Å². The third kappa shape index (κ3) is 3.29. The van der Waals surface area contributed by atoms with Crippen LogP contribution >= 0.6 is 11.3 Å². The lowest BCUT2D eigenvalue weighted by molar-refractivity contribution is 0.230. The van der Waals surface area contributed by atoms with Gasteiger partial charge in [0, 0.05) is 18.0 Å². The van der Waals surface area contributed by atoms with E-state index in [1.54, 1.807) is 11.3 Å². The first kappa shape index (κ1) is 12.1. The van der Waals surface area contributed by atoms with Crippen molar-refractivity contribution in [2.45, 2.75) is 52.1 Å². The van der Waals surface area contributed by atoms with Crippen LogP contribution in [0.15, 0.2) is 10.9 Å². The molecule has 0 aromatic carbocycles. The van der Waals surface area contributed by atoms with E-state index in [1.165, 1.54) is 31.4 Å². The number of thiazole rings is 1. The molecule has 2 nitrogen and oxygen atoms in total. The Morgan fingerprint density at radius 1 is 1.56 bits per heavy atom. The molecule has 1 aromatic rings. The maximum absolute atomic E-state index is 4.30. The number of nitrogens with one attached hydrogen (secondary N) is 1. The molecule has 0 saturated heterocycles. The normalized spacial score (nSPS) is 27.9. The summed E-state index contributed by atoms with van der Waals surface area (Å²) in [5.41, 5.74) is 3.09. The Labute approximate surface area is 102 Å². The van der Waals surface area contributed by atoms with Crippen LogP contribution in [0.2, 0.25) is 0 Å². The van der Waals surface area contributed by atoms with Gasteiger partial charge in [0.05, 0.1) is 11.2 Å². The van der Waals surface area contributed by atoms with Gasteiger partial charge in [0.1, 0.15) is 0 Å². The monoisotopic (exact) mass is 238 g/mol. The molecule has 0 radical (unpaired) electrons. The molecule has 1 N–H and O–H groups in total. The molecule has 1 heterocycles. The van der Waals surface area contributed by atoms with Crippen LogP contribution in [0.3, 0.4) is 0 Å². The maximum Gasteiger partial charge on any atom is 0.0795 e. The zero-order valence-electron chi connectivity index (χ0n) is 10.3. The summed E-state index contributed by atoms with van der Waals surface area (Å²) in [7, 11) is 0. The van der Waals surface area contributed by atoms with Gasteiger partial charge in [-0.15, -0.1) is 11.3 Å². The summed E-state index contributed by atoms with van der Waals surface area (Å²) in [5, 5.41) is 5.75. The Hall–Kier alpha value is -0.410. The zero-order valence-corrected chi connectivity index (χ0v) is 11.1. The minimum absolute atomic E-state index is 0.629. The molecule has 0 aliphatic heterocycles. The summed E-state index contributed by atoms with van der Waals surface area (Å²) in [6, 6.07) is 0.629. The molecule has 1 aromatic heterocycles. The lowest BCUT2D eigenvalue weighted by Gasteiger charge is -2.31. The minimum atomic E-state index is 0.629. The van der Waals surface area contributed by atoms with Gasteiger partial charge in [-0.2, -0.15) is 0 Å². The summed E-state index contributed by atoms with van der Waals surface area (Å²) in [6.45, 7) is 5.64. The zero-order chi connectivity index (χ0) is 11.4. The first-order valence-corrected chi connectivity index (χ1v) is 7.30. The highest BCUT2D eigenvalue weighted by Gasteiger charge is 2.23. The van der Waals surface area contributed by atoms with E-state index in [0.717, 1.165) is 18.4 Å². The smallest absolute Gasteiger partial charge is 0.0795 e. The third-order valence-electron chi connectivity index (χ3n) is 3.77. The van der Waals surface area contributed by atoms with Crippen molar-refractivity contribution in [2.24, 2.45) is 11.8 Å². The molecular weight excluding hydrogens is 216 g/mol. The van der Waals surface area contributed by atoms with E-state index in [4.69, 9.17) is 0 Å². The summed E-state index contributed by atoms with van der Waals surface area (Å²) in [6.07, 6.45) is 5.63. The predicted molar refractivity (Wildman–Crippen MR) is 69.5 cm³/mol. The topological polar surface area (TPSA) is 24.9 Å². The molecule has 3 unspecified atom stereocenters. The molecule has 3 atom stereocenters. The van der Waals surface area contributed by atoms with Crippen LogP contribution in [0.5, 0.6) is 0 Å². The van der Waals surface area contributed by atoms with Crippen LogP contribution in [-0.2, 0) is 6.54 Å². The molecule has 0 spiro atoms. The van der Waals surface area contributed by atoms with Crippen LogP contribution in [0.4, 0.5) is 0 Å². The highest BCUT2D eigenvalue weighted by Crippen LogP contribution is 2.30. The van der Waals surface area contributed by atoms with Crippen LogP contribution < -0.4 is 5.32 Å². The van der Waals surface area contributed by atoms with E-state index in [9.17, 15) is 0 Å². The summed E-state index contributed by atoms with van der Waals surface area (Å²) >= 11 is 1.68. The van der Waals surface area contributed by atoms with Gasteiger partial charge in [0.25, 0.3) is 0 Å². The van der Waals surface area contributed by atoms with Crippen molar-refractivity contribution in [3.05, 3.63) is 16.6 Å². The average molecular weight is 238 g/mol. The Kier molecular flexibility index (Phi) is 4.36. The van der Waals surface area contributed by atoms with Crippen molar-refractivity contribution in [3.8, 4) is 0 Å². The number of hydrogen-bond acceptors (Lipinski definition) is 3. The van der Waals surface area contributed by atoms with E-state index in [2.05, 4.69) is 29.5 Å². The van der Waals surface area contributed by atoms with Gasteiger partial charge >= 0.3 is 0 Å². The van der Waals surface area contributed by atoms with Crippen LogP contribution in [0.25, 0.3) is 0 Å². The lowest BCUT2D eigenvalue weighted by Crippen LogP contribution is -2.35. The first-order chi connectivity index (χ1) is 7.75. The van der Waals surface area contributed by atoms with E-state index < -0.39 is 0 Å². The van der Waals surface area contributed by atoms with Gasteiger partial charge in [0.15, 0.2) is 0 Å². The predicted octanol–water partition coefficient (Wildman–Crippen LogP) is 3.45. The quantitative estimate of drug-likeness (QED) is 0.869. The third-order valence-corrected chi connectivity index (χ3v) is 4.41. The minimum Gasteiger partial charge on any atom is -0.308 e. The van der Waals surface area contributed by atoms with Gasteiger partial charge in [-0.25, -0.2) is 4.98 Å². The first-order valence-electron chi connectivity index (χ1n) is 6.36. The molecular formula is C13H22N2S. The van der Waals surface area contributed by atoms with Crippen LogP contribution in [0.1, 0.15) is 45.2 Å². The van der Waals surface area contributed by atoms with Crippen molar-refractivity contribution in [3.63, 3.8) is 0 Å². The largest absolute Gasteiger partial charge is 0.308 e. The molecule has 2 rings (SSSR count). The number of rotatable bonds is 4. The number of nitrogens with zero attached hydrogens (tertiary/aromatic N) is 1. The Morgan fingerprint density at radius 3 is 3.12 bits per heavy atom. The second kappa shape index (κ2) is 5.78. The number of aromatic nitrogens is 1. The van der Waals surface area contributed by atoms with Crippen molar-refractivity contribution in [1.82, 2.24) is 10.3 Å². The Balaban J connectivity index is 1.76. The van der Waals surface area contributed by atoms with Gasteiger partial charge < -0.3 is 5.32 Å². The molecule has 1 saturated carbocycles. The van der Waals surface area contributed by atoms with Crippen molar-refractivity contribution < 1.29 is 0 Å². The van der Waals surface area contributed by atoms with Crippen molar-refractivity contribution >= 4 is 11.3 Å². The van der Waals surface area contributed by atoms with Crippen LogP contribution in [0, 0.1) is 11.8 Å². The highest BCUT2D eigenvalue weighted by molar-refractivity contribution is 7.07. The number of hydrogen-bond donors (Lipinski definition) is 1. The summed E-state index contributed by atoms with van der Waals surface area (Å²) < 4.78 is 0. The molecule has 1 aliphatic rings. The second-order valence-corrected chi connectivity index (χ2v) is 5.90. The average Bonchev–Trinajstić information content (AvgIpc) is 2.78. The fraction of sp³-hybridized carbons (Fsp3) is 0.769. The molecule has 0 amide bonds. The fourth-order valence-electron chi connectivity index (χ4n) is 2.69. The fourth-order valence-corrected chi connectivity index (χ4v) is 3.25. The maximum atomic E-state index is 4.30.